The maximum atomic E-state index is 12.3. The molecule has 1 heterocycles. The Morgan fingerprint density at radius 3 is 2.52 bits per heavy atom. The quantitative estimate of drug-likeness (QED) is 0.700. The first-order chi connectivity index (χ1) is 9.84. The third kappa shape index (κ3) is 4.96. The molecule has 4 heteroatoms. The molecule has 1 aliphatic rings. The molecule has 0 aliphatic carbocycles. The van der Waals surface area contributed by atoms with E-state index in [1.807, 2.05) is 20.8 Å². The molecule has 1 aliphatic heterocycles. The summed E-state index contributed by atoms with van der Waals surface area (Å²) in [4.78, 5) is 14.8. The van der Waals surface area contributed by atoms with E-state index in [9.17, 15) is 4.79 Å². The number of rotatable bonds is 8. The lowest BCUT2D eigenvalue weighted by Crippen LogP contribution is -2.54. The number of nitrogens with zero attached hydrogens (tertiary/aromatic N) is 1. The van der Waals surface area contributed by atoms with Crippen molar-refractivity contribution in [1.29, 1.82) is 0 Å². The summed E-state index contributed by atoms with van der Waals surface area (Å²) in [5.74, 6) is 1.41. The number of nitrogens with one attached hydrogen (secondary N) is 1. The molecule has 0 aromatic carbocycles. The summed E-state index contributed by atoms with van der Waals surface area (Å²) in [6.45, 7) is 16.2. The number of carbonyl (C=O) groups excluding carboxylic acids is 1. The zero-order valence-electron chi connectivity index (χ0n) is 14.7. The molecule has 0 aromatic heterocycles. The minimum Gasteiger partial charge on any atom is -0.465 e. The van der Waals surface area contributed by atoms with Gasteiger partial charge in [0.05, 0.1) is 6.61 Å². The van der Waals surface area contributed by atoms with E-state index in [4.69, 9.17) is 4.74 Å². The van der Waals surface area contributed by atoms with Crippen LogP contribution in [0.3, 0.4) is 0 Å². The predicted molar refractivity (Wildman–Crippen MR) is 87.3 cm³/mol. The van der Waals surface area contributed by atoms with Crippen molar-refractivity contribution >= 4 is 5.97 Å². The average molecular weight is 298 g/mol. The first kappa shape index (κ1) is 18.4. The van der Waals surface area contributed by atoms with E-state index >= 15 is 0 Å². The van der Waals surface area contributed by atoms with Crippen LogP contribution in [0, 0.1) is 11.8 Å². The van der Waals surface area contributed by atoms with Crippen LogP contribution in [0.25, 0.3) is 0 Å². The van der Waals surface area contributed by atoms with Gasteiger partial charge in [-0.05, 0) is 58.5 Å². The third-order valence-corrected chi connectivity index (χ3v) is 4.82. The Balaban J connectivity index is 2.64. The molecule has 1 saturated heterocycles. The standard InChI is InChI=1S/C17H34N2O2/c1-7-18-17(6,16(20)21-8-2)11-14(5)19-10-9-15(12-19)13(3)4/h13-15,18H,7-12H2,1-6H3. The molecular formula is C17H34N2O2. The molecule has 0 spiro atoms. The summed E-state index contributed by atoms with van der Waals surface area (Å²) in [6, 6.07) is 0.391. The summed E-state index contributed by atoms with van der Waals surface area (Å²) in [5, 5.41) is 3.33. The lowest BCUT2D eigenvalue weighted by Gasteiger charge is -2.34. The normalized spacial score (nSPS) is 24.0. The minimum atomic E-state index is -0.583. The van der Waals surface area contributed by atoms with E-state index in [0.717, 1.165) is 37.9 Å². The highest BCUT2D eigenvalue weighted by molar-refractivity contribution is 5.80. The molecule has 0 radical (unpaired) electrons. The number of hydrogen-bond donors (Lipinski definition) is 1. The zero-order valence-corrected chi connectivity index (χ0v) is 14.7. The van der Waals surface area contributed by atoms with Crippen LogP contribution >= 0.6 is 0 Å². The summed E-state index contributed by atoms with van der Waals surface area (Å²) in [7, 11) is 0. The second-order valence-corrected chi connectivity index (χ2v) is 6.92. The first-order valence-corrected chi connectivity index (χ1v) is 8.50. The van der Waals surface area contributed by atoms with Crippen LogP contribution in [0.2, 0.25) is 0 Å². The Kier molecular flexibility index (Phi) is 7.14. The molecule has 1 fully saturated rings. The largest absolute Gasteiger partial charge is 0.465 e. The summed E-state index contributed by atoms with van der Waals surface area (Å²) in [6.07, 6.45) is 2.07. The van der Waals surface area contributed by atoms with Gasteiger partial charge in [0.2, 0.25) is 0 Å². The van der Waals surface area contributed by atoms with Crippen LogP contribution in [0.4, 0.5) is 0 Å². The van der Waals surface area contributed by atoms with Crippen LogP contribution in [-0.4, -0.2) is 48.7 Å². The lowest BCUT2D eigenvalue weighted by molar-refractivity contribution is -0.151. The number of ether oxygens (including phenoxy) is 1. The SMILES string of the molecule is CCNC(C)(CC(C)N1CCC(C(C)C)C1)C(=O)OCC. The number of carbonyl (C=O) groups is 1. The van der Waals surface area contributed by atoms with Gasteiger partial charge < -0.3 is 15.0 Å². The van der Waals surface area contributed by atoms with Crippen molar-refractivity contribution in [2.75, 3.05) is 26.2 Å². The van der Waals surface area contributed by atoms with Crippen molar-refractivity contribution in [3.05, 3.63) is 0 Å². The Morgan fingerprint density at radius 2 is 2.05 bits per heavy atom. The van der Waals surface area contributed by atoms with E-state index in [1.165, 1.54) is 6.42 Å². The van der Waals surface area contributed by atoms with Crippen LogP contribution in [0.1, 0.15) is 54.4 Å². The second-order valence-electron chi connectivity index (χ2n) is 6.92. The maximum Gasteiger partial charge on any atom is 0.326 e. The van der Waals surface area contributed by atoms with Gasteiger partial charge in [-0.2, -0.15) is 0 Å². The molecule has 0 saturated carbocycles. The molecule has 1 rings (SSSR count). The van der Waals surface area contributed by atoms with Crippen molar-refractivity contribution in [3.8, 4) is 0 Å². The highest BCUT2D eigenvalue weighted by Crippen LogP contribution is 2.28. The van der Waals surface area contributed by atoms with Crippen molar-refractivity contribution < 1.29 is 9.53 Å². The molecule has 0 bridgehead atoms. The van der Waals surface area contributed by atoms with Gasteiger partial charge >= 0.3 is 5.97 Å². The fourth-order valence-corrected chi connectivity index (χ4v) is 3.39. The summed E-state index contributed by atoms with van der Waals surface area (Å²) >= 11 is 0. The van der Waals surface area contributed by atoms with Gasteiger partial charge in [-0.15, -0.1) is 0 Å². The average Bonchev–Trinajstić information content (AvgIpc) is 2.89. The molecular weight excluding hydrogens is 264 g/mol. The Hall–Kier alpha value is -0.610. The molecule has 3 atom stereocenters. The van der Waals surface area contributed by atoms with Gasteiger partial charge in [0.1, 0.15) is 5.54 Å². The van der Waals surface area contributed by atoms with Crippen molar-refractivity contribution in [2.45, 2.75) is 66.0 Å². The number of hydrogen-bond acceptors (Lipinski definition) is 4. The van der Waals surface area contributed by atoms with Gasteiger partial charge in [-0.1, -0.05) is 20.8 Å². The highest BCUT2D eigenvalue weighted by atomic mass is 16.5. The molecule has 21 heavy (non-hydrogen) atoms. The van der Waals surface area contributed by atoms with E-state index in [0.29, 0.717) is 12.6 Å². The van der Waals surface area contributed by atoms with E-state index in [-0.39, 0.29) is 5.97 Å². The van der Waals surface area contributed by atoms with Crippen LogP contribution in [-0.2, 0) is 9.53 Å². The van der Waals surface area contributed by atoms with Gasteiger partial charge in [-0.25, -0.2) is 0 Å². The van der Waals surface area contributed by atoms with Crippen LogP contribution < -0.4 is 5.32 Å². The van der Waals surface area contributed by atoms with Gasteiger partial charge in [-0.3, -0.25) is 4.79 Å². The fraction of sp³-hybridized carbons (Fsp3) is 0.941. The smallest absolute Gasteiger partial charge is 0.326 e. The summed E-state index contributed by atoms with van der Waals surface area (Å²) < 4.78 is 5.26. The maximum absolute atomic E-state index is 12.3. The topological polar surface area (TPSA) is 41.6 Å². The minimum absolute atomic E-state index is 0.127. The lowest BCUT2D eigenvalue weighted by atomic mass is 9.92. The van der Waals surface area contributed by atoms with Crippen molar-refractivity contribution in [1.82, 2.24) is 10.2 Å². The third-order valence-electron chi connectivity index (χ3n) is 4.82. The van der Waals surface area contributed by atoms with E-state index in [2.05, 4.69) is 31.0 Å². The second kappa shape index (κ2) is 8.14. The Morgan fingerprint density at radius 1 is 1.38 bits per heavy atom. The van der Waals surface area contributed by atoms with E-state index < -0.39 is 5.54 Å². The Labute approximate surface area is 130 Å². The zero-order chi connectivity index (χ0) is 16.0. The molecule has 0 amide bonds. The number of likely N-dealkylation sites (tertiary alicyclic amines) is 1. The van der Waals surface area contributed by atoms with E-state index in [1.54, 1.807) is 0 Å². The molecule has 124 valence electrons. The number of esters is 1. The highest BCUT2D eigenvalue weighted by Gasteiger charge is 2.38. The monoisotopic (exact) mass is 298 g/mol. The molecule has 1 N–H and O–H groups in total. The summed E-state index contributed by atoms with van der Waals surface area (Å²) in [5.41, 5.74) is -0.583. The molecule has 4 nitrogen and oxygen atoms in total. The van der Waals surface area contributed by atoms with Crippen LogP contribution in [0.15, 0.2) is 0 Å². The fourth-order valence-electron chi connectivity index (χ4n) is 3.39. The molecule has 0 aromatic rings. The van der Waals surface area contributed by atoms with Crippen molar-refractivity contribution in [2.24, 2.45) is 11.8 Å². The van der Waals surface area contributed by atoms with Crippen molar-refractivity contribution in [3.63, 3.8) is 0 Å². The van der Waals surface area contributed by atoms with Gasteiger partial charge in [0, 0.05) is 12.6 Å². The van der Waals surface area contributed by atoms with Gasteiger partial charge in [0.25, 0.3) is 0 Å². The molecule has 3 unspecified atom stereocenters. The predicted octanol–water partition coefficient (Wildman–Crippen LogP) is 2.67. The van der Waals surface area contributed by atoms with Gasteiger partial charge in [0.15, 0.2) is 0 Å². The number of likely N-dealkylation sites (N-methyl/N-ethyl adjacent to an activating group) is 1. The Bertz CT molecular complexity index is 333. The van der Waals surface area contributed by atoms with Crippen LogP contribution in [0.5, 0.6) is 0 Å². The first-order valence-electron chi connectivity index (χ1n) is 8.50.